The van der Waals surface area contributed by atoms with Crippen molar-refractivity contribution < 1.29 is 9.52 Å². The fourth-order valence-electron chi connectivity index (χ4n) is 2.49. The van der Waals surface area contributed by atoms with E-state index in [4.69, 9.17) is 9.52 Å². The minimum Gasteiger partial charge on any atom is -0.462 e. The van der Waals surface area contributed by atoms with Crippen LogP contribution in [0.3, 0.4) is 0 Å². The Hall–Kier alpha value is -0.840. The molecule has 1 aromatic heterocycles. The van der Waals surface area contributed by atoms with E-state index in [-0.39, 0.29) is 6.61 Å². The number of nitrogens with zero attached hydrogens (tertiary/aromatic N) is 2. The Balaban J connectivity index is 1.82. The van der Waals surface area contributed by atoms with E-state index >= 15 is 0 Å². The quantitative estimate of drug-likeness (QED) is 0.839. The molecule has 2 heterocycles. The van der Waals surface area contributed by atoms with Crippen molar-refractivity contribution in [1.82, 2.24) is 9.80 Å². The topological polar surface area (TPSA) is 39.9 Å². The van der Waals surface area contributed by atoms with Crippen LogP contribution in [0, 0.1) is 0 Å². The fraction of sp³-hybridized carbons (Fsp3) is 0.692. The van der Waals surface area contributed by atoms with Crippen LogP contribution in [0.4, 0.5) is 0 Å². The Morgan fingerprint density at radius 2 is 2.24 bits per heavy atom. The third kappa shape index (κ3) is 3.31. The summed E-state index contributed by atoms with van der Waals surface area (Å²) in [7, 11) is 4.32. The van der Waals surface area contributed by atoms with Crippen molar-refractivity contribution in [2.45, 2.75) is 32.0 Å². The molecule has 0 radical (unpaired) electrons. The van der Waals surface area contributed by atoms with Crippen LogP contribution in [-0.4, -0.2) is 48.1 Å². The van der Waals surface area contributed by atoms with Crippen molar-refractivity contribution in [3.8, 4) is 0 Å². The number of aliphatic hydroxyl groups excluding tert-OH is 1. The molecule has 4 heteroatoms. The van der Waals surface area contributed by atoms with Crippen LogP contribution in [-0.2, 0) is 13.2 Å². The van der Waals surface area contributed by atoms with Gasteiger partial charge in [-0.1, -0.05) is 0 Å². The van der Waals surface area contributed by atoms with Gasteiger partial charge in [0.1, 0.15) is 18.1 Å². The number of hydrogen-bond donors (Lipinski definition) is 1. The van der Waals surface area contributed by atoms with Crippen molar-refractivity contribution in [2.75, 3.05) is 27.2 Å². The van der Waals surface area contributed by atoms with Gasteiger partial charge in [-0.2, -0.15) is 0 Å². The van der Waals surface area contributed by atoms with Gasteiger partial charge in [-0.3, -0.25) is 4.90 Å². The van der Waals surface area contributed by atoms with E-state index < -0.39 is 0 Å². The molecule has 0 spiro atoms. The van der Waals surface area contributed by atoms with Gasteiger partial charge in [0.15, 0.2) is 0 Å². The van der Waals surface area contributed by atoms with E-state index in [1.165, 1.54) is 19.4 Å². The number of likely N-dealkylation sites (tertiary alicyclic amines) is 1. The zero-order chi connectivity index (χ0) is 12.3. The zero-order valence-electron chi connectivity index (χ0n) is 10.7. The third-order valence-corrected chi connectivity index (χ3v) is 3.49. The molecule has 2 rings (SSSR count). The average molecular weight is 238 g/mol. The molecule has 0 saturated carbocycles. The highest BCUT2D eigenvalue weighted by Crippen LogP contribution is 2.17. The fourth-order valence-corrected chi connectivity index (χ4v) is 2.49. The van der Waals surface area contributed by atoms with Gasteiger partial charge in [0.2, 0.25) is 0 Å². The molecule has 0 aromatic carbocycles. The maximum atomic E-state index is 8.94. The summed E-state index contributed by atoms with van der Waals surface area (Å²) < 4.78 is 5.49. The lowest BCUT2D eigenvalue weighted by Crippen LogP contribution is -2.36. The predicted octanol–water partition coefficient (Wildman–Crippen LogP) is 1.30. The Bertz CT molecular complexity index is 351. The first-order chi connectivity index (χ1) is 8.19. The van der Waals surface area contributed by atoms with Crippen molar-refractivity contribution in [3.05, 3.63) is 23.7 Å². The van der Waals surface area contributed by atoms with Crippen LogP contribution in [0.25, 0.3) is 0 Å². The van der Waals surface area contributed by atoms with Gasteiger partial charge in [-0.15, -0.1) is 0 Å². The van der Waals surface area contributed by atoms with Crippen LogP contribution < -0.4 is 0 Å². The summed E-state index contributed by atoms with van der Waals surface area (Å²) in [6.07, 6.45) is 2.60. The van der Waals surface area contributed by atoms with Gasteiger partial charge in [-0.05, 0) is 45.6 Å². The molecule has 1 aliphatic rings. The molecule has 1 unspecified atom stereocenters. The first-order valence-corrected chi connectivity index (χ1v) is 6.26. The van der Waals surface area contributed by atoms with Crippen LogP contribution in [0.2, 0.25) is 0 Å². The number of likely N-dealkylation sites (N-methyl/N-ethyl adjacent to an activating group) is 2. The van der Waals surface area contributed by atoms with Gasteiger partial charge in [0.05, 0.1) is 6.54 Å². The molecule has 1 fully saturated rings. The summed E-state index contributed by atoms with van der Waals surface area (Å²) in [4.78, 5) is 4.71. The Morgan fingerprint density at radius 3 is 2.82 bits per heavy atom. The van der Waals surface area contributed by atoms with Crippen molar-refractivity contribution in [3.63, 3.8) is 0 Å². The lowest BCUT2D eigenvalue weighted by Gasteiger charge is -2.25. The standard InChI is InChI=1S/C13H22N2O2/c1-14(8-11-4-3-7-15(11)2)9-12-5-6-13(10-16)17-12/h5-6,11,16H,3-4,7-10H2,1-2H3. The minimum atomic E-state index is -0.0188. The minimum absolute atomic E-state index is 0.0188. The normalized spacial score (nSPS) is 21.5. The van der Waals surface area contributed by atoms with E-state index in [9.17, 15) is 0 Å². The SMILES string of the molecule is CN(Cc1ccc(CO)o1)CC1CCCN1C. The largest absolute Gasteiger partial charge is 0.462 e. The number of rotatable bonds is 5. The van der Waals surface area contributed by atoms with Gasteiger partial charge in [-0.25, -0.2) is 0 Å². The van der Waals surface area contributed by atoms with Crippen LogP contribution >= 0.6 is 0 Å². The average Bonchev–Trinajstić information content (AvgIpc) is 2.89. The summed E-state index contributed by atoms with van der Waals surface area (Å²) in [6, 6.07) is 4.46. The smallest absolute Gasteiger partial charge is 0.129 e. The molecular formula is C13H22N2O2. The first-order valence-electron chi connectivity index (χ1n) is 6.26. The molecule has 0 bridgehead atoms. The van der Waals surface area contributed by atoms with E-state index in [0.717, 1.165) is 18.8 Å². The summed E-state index contributed by atoms with van der Waals surface area (Å²) in [6.45, 7) is 3.08. The molecule has 1 N–H and O–H groups in total. The van der Waals surface area contributed by atoms with Crippen molar-refractivity contribution in [1.29, 1.82) is 0 Å². The second-order valence-corrected chi connectivity index (χ2v) is 5.00. The summed E-state index contributed by atoms with van der Waals surface area (Å²) >= 11 is 0. The first kappa shape index (κ1) is 12.6. The summed E-state index contributed by atoms with van der Waals surface area (Å²) in [5.74, 6) is 1.57. The highest BCUT2D eigenvalue weighted by atomic mass is 16.4. The molecule has 1 aromatic rings. The second-order valence-electron chi connectivity index (χ2n) is 5.00. The van der Waals surface area contributed by atoms with Crippen molar-refractivity contribution >= 4 is 0 Å². The van der Waals surface area contributed by atoms with E-state index in [0.29, 0.717) is 11.8 Å². The molecule has 0 amide bonds. The Labute approximate surface area is 103 Å². The number of hydrogen-bond acceptors (Lipinski definition) is 4. The highest BCUT2D eigenvalue weighted by Gasteiger charge is 2.22. The molecule has 96 valence electrons. The Morgan fingerprint density at radius 1 is 1.47 bits per heavy atom. The lowest BCUT2D eigenvalue weighted by molar-refractivity contribution is 0.198. The van der Waals surface area contributed by atoms with Crippen molar-refractivity contribution in [2.24, 2.45) is 0 Å². The summed E-state index contributed by atoms with van der Waals surface area (Å²) in [5, 5.41) is 8.94. The maximum absolute atomic E-state index is 8.94. The van der Waals surface area contributed by atoms with Gasteiger partial charge in [0.25, 0.3) is 0 Å². The van der Waals surface area contributed by atoms with Gasteiger partial charge >= 0.3 is 0 Å². The second kappa shape index (κ2) is 5.67. The molecule has 1 atom stereocenters. The zero-order valence-corrected chi connectivity index (χ0v) is 10.7. The monoisotopic (exact) mass is 238 g/mol. The molecule has 17 heavy (non-hydrogen) atoms. The Kier molecular flexibility index (Phi) is 4.20. The number of furan rings is 1. The lowest BCUT2D eigenvalue weighted by atomic mass is 10.2. The molecule has 1 aliphatic heterocycles. The maximum Gasteiger partial charge on any atom is 0.129 e. The predicted molar refractivity (Wildman–Crippen MR) is 66.6 cm³/mol. The molecular weight excluding hydrogens is 216 g/mol. The van der Waals surface area contributed by atoms with Gasteiger partial charge in [0, 0.05) is 12.6 Å². The van der Waals surface area contributed by atoms with E-state index in [1.807, 2.05) is 12.1 Å². The van der Waals surface area contributed by atoms with Crippen LogP contribution in [0.5, 0.6) is 0 Å². The van der Waals surface area contributed by atoms with Crippen LogP contribution in [0.15, 0.2) is 16.5 Å². The third-order valence-electron chi connectivity index (χ3n) is 3.49. The molecule has 0 aliphatic carbocycles. The summed E-state index contributed by atoms with van der Waals surface area (Å²) in [5.41, 5.74) is 0. The van der Waals surface area contributed by atoms with Gasteiger partial charge < -0.3 is 14.4 Å². The van der Waals surface area contributed by atoms with E-state index in [1.54, 1.807) is 0 Å². The van der Waals surface area contributed by atoms with E-state index in [2.05, 4.69) is 23.9 Å². The molecule has 4 nitrogen and oxygen atoms in total. The van der Waals surface area contributed by atoms with Crippen LogP contribution in [0.1, 0.15) is 24.4 Å². The molecule has 1 saturated heterocycles. The highest BCUT2D eigenvalue weighted by molar-refractivity contribution is 5.06. The number of aliphatic hydroxyl groups is 1.